The number of nitrogens with one attached hydrogen (secondary N) is 2. The van der Waals surface area contributed by atoms with Gasteiger partial charge in [0.25, 0.3) is 5.91 Å². The van der Waals surface area contributed by atoms with Crippen LogP contribution in [0, 0.1) is 0 Å². The Balaban J connectivity index is 2.55. The molecule has 0 aliphatic rings. The zero-order valence-corrected chi connectivity index (χ0v) is 12.3. The number of anilines is 1. The van der Waals surface area contributed by atoms with Gasteiger partial charge < -0.3 is 10.2 Å². The summed E-state index contributed by atoms with van der Waals surface area (Å²) in [5, 5.41) is 12.0. The second kappa shape index (κ2) is 8.52. The number of carbonyl (C=O) groups is 1. The van der Waals surface area contributed by atoms with E-state index in [2.05, 4.69) is 15.2 Å². The topological polar surface area (TPSA) is 77.5 Å². The summed E-state index contributed by atoms with van der Waals surface area (Å²) in [6.45, 7) is 1.77. The minimum Gasteiger partial charge on any atom is -0.369 e. The maximum Gasteiger partial charge on any atom is 0.267 e. The van der Waals surface area contributed by atoms with Crippen molar-refractivity contribution < 1.29 is 10.0 Å². The van der Waals surface area contributed by atoms with E-state index in [0.29, 0.717) is 16.4 Å². The Morgan fingerprint density at radius 2 is 2.30 bits per heavy atom. The van der Waals surface area contributed by atoms with Gasteiger partial charge in [0.1, 0.15) is 5.82 Å². The fraction of sp³-hybridized carbons (Fsp3) is 0.385. The Morgan fingerprint density at radius 1 is 1.55 bits per heavy atom. The highest BCUT2D eigenvalue weighted by Crippen LogP contribution is 2.20. The average molecular weight is 299 g/mol. The van der Waals surface area contributed by atoms with Gasteiger partial charge in [-0.2, -0.15) is 0 Å². The summed E-state index contributed by atoms with van der Waals surface area (Å²) in [5.41, 5.74) is 2.19. The molecule has 1 aromatic rings. The van der Waals surface area contributed by atoms with Crippen LogP contribution in [0.2, 0.25) is 5.02 Å². The van der Waals surface area contributed by atoms with Crippen molar-refractivity contribution in [3.05, 3.63) is 28.9 Å². The predicted octanol–water partition coefficient (Wildman–Crippen LogP) is 1.62. The first-order valence-electron chi connectivity index (χ1n) is 6.19. The molecule has 0 bridgehead atoms. The van der Waals surface area contributed by atoms with Crippen molar-refractivity contribution in [2.24, 2.45) is 0 Å². The lowest BCUT2D eigenvalue weighted by Gasteiger charge is -2.11. The monoisotopic (exact) mass is 298 g/mol. The van der Waals surface area contributed by atoms with E-state index in [4.69, 9.17) is 16.8 Å². The minimum absolute atomic E-state index is 0.487. The third kappa shape index (κ3) is 6.01. The van der Waals surface area contributed by atoms with E-state index in [-0.39, 0.29) is 0 Å². The van der Waals surface area contributed by atoms with Crippen molar-refractivity contribution in [1.29, 1.82) is 0 Å². The summed E-state index contributed by atoms with van der Waals surface area (Å²) in [4.78, 5) is 17.2. The summed E-state index contributed by atoms with van der Waals surface area (Å²) >= 11 is 6.10. The van der Waals surface area contributed by atoms with Crippen molar-refractivity contribution in [2.45, 2.75) is 6.42 Å². The van der Waals surface area contributed by atoms with Gasteiger partial charge in [-0.1, -0.05) is 11.6 Å². The number of halogens is 1. The van der Waals surface area contributed by atoms with E-state index >= 15 is 0 Å². The molecule has 1 heterocycles. The molecule has 6 nitrogen and oxygen atoms in total. The second-order valence-corrected chi connectivity index (χ2v) is 4.90. The van der Waals surface area contributed by atoms with E-state index in [9.17, 15) is 4.79 Å². The lowest BCUT2D eigenvalue weighted by molar-refractivity contribution is -0.124. The normalized spacial score (nSPS) is 11.1. The molecule has 0 fully saturated rings. The van der Waals surface area contributed by atoms with E-state index in [0.717, 1.165) is 19.5 Å². The van der Waals surface area contributed by atoms with E-state index in [1.807, 2.05) is 14.1 Å². The Bertz CT molecular complexity index is 477. The van der Waals surface area contributed by atoms with Crippen molar-refractivity contribution in [3.8, 4) is 0 Å². The Labute approximate surface area is 123 Å². The predicted molar refractivity (Wildman–Crippen MR) is 79.9 cm³/mol. The van der Waals surface area contributed by atoms with Gasteiger partial charge in [0, 0.05) is 18.8 Å². The summed E-state index contributed by atoms with van der Waals surface area (Å²) in [7, 11) is 4.05. The molecule has 7 heteroatoms. The van der Waals surface area contributed by atoms with Gasteiger partial charge in [-0.25, -0.2) is 10.5 Å². The number of carbonyl (C=O) groups excluding carboxylic acids is 1. The van der Waals surface area contributed by atoms with Crippen LogP contribution < -0.4 is 10.8 Å². The van der Waals surface area contributed by atoms with Crippen molar-refractivity contribution in [3.63, 3.8) is 0 Å². The van der Waals surface area contributed by atoms with Crippen LogP contribution in [0.3, 0.4) is 0 Å². The standard InChI is InChI=1S/C13H19ClN4O2/c1-18(2)7-3-6-15-13-11(14)8-10(9-16-13)4-5-12(19)17-20/h4-5,8-9,20H,3,6-7H2,1-2H3,(H,15,16)(H,17,19)/b5-4+. The maximum atomic E-state index is 10.8. The first-order chi connectivity index (χ1) is 9.52. The van der Waals surface area contributed by atoms with Gasteiger partial charge in [-0.3, -0.25) is 10.0 Å². The van der Waals surface area contributed by atoms with E-state index < -0.39 is 5.91 Å². The average Bonchev–Trinajstić information content (AvgIpc) is 2.42. The molecule has 3 N–H and O–H groups in total. The molecule has 20 heavy (non-hydrogen) atoms. The summed E-state index contributed by atoms with van der Waals surface area (Å²) < 4.78 is 0. The second-order valence-electron chi connectivity index (χ2n) is 4.49. The van der Waals surface area contributed by atoms with Gasteiger partial charge in [0.15, 0.2) is 0 Å². The molecule has 1 aromatic heterocycles. The lowest BCUT2D eigenvalue weighted by atomic mass is 10.2. The molecule has 0 radical (unpaired) electrons. The molecule has 0 aliphatic heterocycles. The van der Waals surface area contributed by atoms with Crippen molar-refractivity contribution >= 4 is 29.4 Å². The van der Waals surface area contributed by atoms with Crippen molar-refractivity contribution in [1.82, 2.24) is 15.4 Å². The number of hydrogen-bond donors (Lipinski definition) is 3. The fourth-order valence-corrected chi connectivity index (χ4v) is 1.73. The third-order valence-electron chi connectivity index (χ3n) is 2.47. The molecular formula is C13H19ClN4O2. The number of hydrogen-bond acceptors (Lipinski definition) is 5. The summed E-state index contributed by atoms with van der Waals surface area (Å²) in [6.07, 6.45) is 5.29. The maximum absolute atomic E-state index is 10.8. The van der Waals surface area contributed by atoms with Crippen molar-refractivity contribution in [2.75, 3.05) is 32.5 Å². The smallest absolute Gasteiger partial charge is 0.267 e. The number of aromatic nitrogens is 1. The molecule has 0 saturated heterocycles. The summed E-state index contributed by atoms with van der Waals surface area (Å²) in [6, 6.07) is 1.70. The fourth-order valence-electron chi connectivity index (χ4n) is 1.49. The largest absolute Gasteiger partial charge is 0.369 e. The third-order valence-corrected chi connectivity index (χ3v) is 2.76. The Morgan fingerprint density at radius 3 is 2.90 bits per heavy atom. The van der Waals surface area contributed by atoms with E-state index in [1.54, 1.807) is 12.3 Å². The molecule has 0 atom stereocenters. The van der Waals surface area contributed by atoms with Crippen LogP contribution in [0.5, 0.6) is 0 Å². The Hall–Kier alpha value is -1.63. The van der Waals surface area contributed by atoms with Gasteiger partial charge in [0.2, 0.25) is 0 Å². The van der Waals surface area contributed by atoms with Gasteiger partial charge >= 0.3 is 0 Å². The highest BCUT2D eigenvalue weighted by atomic mass is 35.5. The molecular weight excluding hydrogens is 280 g/mol. The van der Waals surface area contributed by atoms with Crippen LogP contribution in [-0.2, 0) is 4.79 Å². The molecule has 0 saturated carbocycles. The van der Waals surface area contributed by atoms with Crippen LogP contribution in [0.25, 0.3) is 6.08 Å². The number of hydroxylamine groups is 1. The van der Waals surface area contributed by atoms with Gasteiger partial charge in [-0.05, 0) is 44.8 Å². The number of pyridine rings is 1. The van der Waals surface area contributed by atoms with Gasteiger partial charge in [-0.15, -0.1) is 0 Å². The molecule has 0 spiro atoms. The first-order valence-corrected chi connectivity index (χ1v) is 6.57. The van der Waals surface area contributed by atoms with Crippen LogP contribution in [0.15, 0.2) is 18.3 Å². The number of rotatable bonds is 7. The molecule has 0 aliphatic carbocycles. The van der Waals surface area contributed by atoms with Crippen LogP contribution in [-0.4, -0.2) is 48.2 Å². The molecule has 1 amide bonds. The molecule has 0 aromatic carbocycles. The molecule has 0 unspecified atom stereocenters. The summed E-state index contributed by atoms with van der Waals surface area (Å²) in [5.74, 6) is 0.0150. The highest BCUT2D eigenvalue weighted by molar-refractivity contribution is 6.33. The Kier molecular flexibility index (Phi) is 7.00. The van der Waals surface area contributed by atoms with E-state index in [1.165, 1.54) is 17.6 Å². The highest BCUT2D eigenvalue weighted by Gasteiger charge is 2.02. The number of amides is 1. The van der Waals surface area contributed by atoms with Crippen LogP contribution in [0.4, 0.5) is 5.82 Å². The first kappa shape index (κ1) is 16.4. The van der Waals surface area contributed by atoms with Crippen LogP contribution in [0.1, 0.15) is 12.0 Å². The quantitative estimate of drug-likeness (QED) is 0.309. The molecule has 1 rings (SSSR count). The SMILES string of the molecule is CN(C)CCCNc1ncc(/C=C/C(=O)NO)cc1Cl. The number of nitrogens with zero attached hydrogens (tertiary/aromatic N) is 2. The van der Waals surface area contributed by atoms with Crippen LogP contribution >= 0.6 is 11.6 Å². The zero-order chi connectivity index (χ0) is 15.0. The van der Waals surface area contributed by atoms with Gasteiger partial charge in [0.05, 0.1) is 5.02 Å². The minimum atomic E-state index is -0.605. The molecule has 110 valence electrons. The zero-order valence-electron chi connectivity index (χ0n) is 11.6. The lowest BCUT2D eigenvalue weighted by Crippen LogP contribution is -2.16.